The lowest BCUT2D eigenvalue weighted by Gasteiger charge is -2.19. The normalized spacial score (nSPS) is 16.6. The molecule has 0 saturated carbocycles. The Hall–Kier alpha value is -5.04. The number of aromatic nitrogens is 5. The number of benzene rings is 1. The first-order valence-corrected chi connectivity index (χ1v) is 15.9. The zero-order valence-electron chi connectivity index (χ0n) is 25.4. The third-order valence-corrected chi connectivity index (χ3v) is 8.90. The van der Waals surface area contributed by atoms with Crippen molar-refractivity contribution in [3.63, 3.8) is 0 Å². The van der Waals surface area contributed by atoms with E-state index in [0.29, 0.717) is 23.9 Å². The van der Waals surface area contributed by atoms with Crippen LogP contribution in [0.1, 0.15) is 40.7 Å². The number of nitrogens with one attached hydrogen (secondary N) is 3. The molecule has 0 fully saturated rings. The van der Waals surface area contributed by atoms with Crippen molar-refractivity contribution in [3.05, 3.63) is 65.2 Å². The van der Waals surface area contributed by atoms with Gasteiger partial charge in [0, 0.05) is 19.8 Å². The van der Waals surface area contributed by atoms with Crippen LogP contribution in [0.3, 0.4) is 0 Å². The van der Waals surface area contributed by atoms with Crippen LogP contribution in [-0.2, 0) is 32.5 Å². The van der Waals surface area contributed by atoms with Crippen LogP contribution in [0.25, 0.3) is 11.3 Å². The van der Waals surface area contributed by atoms with Crippen LogP contribution >= 0.6 is 7.60 Å². The number of carbonyl (C=O) groups excluding carboxylic acids is 1. The Labute approximate surface area is 266 Å². The summed E-state index contributed by atoms with van der Waals surface area (Å²) >= 11 is 0. The Balaban J connectivity index is 1.66. The van der Waals surface area contributed by atoms with Crippen molar-refractivity contribution >= 4 is 36.6 Å². The summed E-state index contributed by atoms with van der Waals surface area (Å²) in [6.45, 7) is 2.05. The second-order valence-electron chi connectivity index (χ2n) is 10.0. The molecule has 0 spiro atoms. The number of ether oxygens (including phenoxy) is 1. The number of carbonyl (C=O) groups is 1. The van der Waals surface area contributed by atoms with E-state index in [2.05, 4.69) is 42.1 Å². The number of methoxy groups -OCH3 is 1. The highest BCUT2D eigenvalue weighted by molar-refractivity contribution is 7.53. The van der Waals surface area contributed by atoms with Crippen LogP contribution in [-0.4, -0.2) is 58.0 Å². The Morgan fingerprint density at radius 3 is 2.68 bits per heavy atom. The number of nitriles is 1. The first-order chi connectivity index (χ1) is 22.5. The predicted molar refractivity (Wildman–Crippen MR) is 164 cm³/mol. The second-order valence-corrected chi connectivity index (χ2v) is 12.1. The summed E-state index contributed by atoms with van der Waals surface area (Å²) < 4.78 is 74.1. The molecule has 7 heterocycles. The van der Waals surface area contributed by atoms with E-state index < -0.39 is 31.1 Å². The van der Waals surface area contributed by atoms with Gasteiger partial charge >= 0.3 is 13.8 Å². The Morgan fingerprint density at radius 1 is 1.19 bits per heavy atom. The van der Waals surface area contributed by atoms with Gasteiger partial charge in [-0.15, -0.1) is 0 Å². The molecule has 3 N–H and O–H groups in total. The zero-order valence-corrected chi connectivity index (χ0v) is 26.3. The molecule has 3 aromatic heterocycles. The van der Waals surface area contributed by atoms with E-state index in [1.165, 1.54) is 37.2 Å². The summed E-state index contributed by atoms with van der Waals surface area (Å²) in [4.78, 5) is 25.2. The average Bonchev–Trinajstić information content (AvgIpc) is 3.45. The largest absolute Gasteiger partial charge is 0.495 e. The van der Waals surface area contributed by atoms with E-state index in [1.54, 1.807) is 25.1 Å². The molecule has 8 bridgehead atoms. The fourth-order valence-electron chi connectivity index (χ4n) is 4.76. The highest BCUT2D eigenvalue weighted by atomic mass is 31.2. The van der Waals surface area contributed by atoms with Crippen molar-refractivity contribution in [2.24, 2.45) is 0 Å². The average molecular weight is 672 g/mol. The maximum Gasteiger partial charge on any atom is 0.421 e. The fraction of sp³-hybridized carbons (Fsp3) is 0.310. The monoisotopic (exact) mass is 671 g/mol. The van der Waals surface area contributed by atoms with E-state index in [1.807, 2.05) is 0 Å². The van der Waals surface area contributed by atoms with Gasteiger partial charge in [0.1, 0.15) is 28.9 Å². The Bertz CT molecular complexity index is 1890. The van der Waals surface area contributed by atoms with E-state index in [0.717, 1.165) is 0 Å². The van der Waals surface area contributed by atoms with E-state index in [9.17, 15) is 27.8 Å². The number of alkyl halides is 3. The number of pyridine rings is 1. The SMILES string of the molecule is CCO[P@]1(=O)Cc2ccc(c(OC)c2)Nc2ncc(C(F)(F)F)c(n2)Nc2ccc(nc2C(=O)NC)-c2cnn(c2C#N)CCCO1. The minimum Gasteiger partial charge on any atom is -0.495 e. The molecule has 4 aliphatic rings. The molecule has 8 rings (SSSR count). The fourth-order valence-corrected chi connectivity index (χ4v) is 6.46. The molecule has 1 amide bonds. The van der Waals surface area contributed by atoms with E-state index in [4.69, 9.17) is 13.8 Å². The Kier molecular flexibility index (Phi) is 9.75. The van der Waals surface area contributed by atoms with Crippen molar-refractivity contribution < 1.29 is 36.3 Å². The lowest BCUT2D eigenvalue weighted by molar-refractivity contribution is -0.137. The Morgan fingerprint density at radius 2 is 1.98 bits per heavy atom. The zero-order chi connectivity index (χ0) is 33.8. The molecule has 1 atom stereocenters. The van der Waals surface area contributed by atoms with Gasteiger partial charge in [0.2, 0.25) is 5.95 Å². The van der Waals surface area contributed by atoms with Crippen molar-refractivity contribution in [3.8, 4) is 23.1 Å². The third kappa shape index (κ3) is 7.35. The lowest BCUT2D eigenvalue weighted by atomic mass is 10.1. The minimum atomic E-state index is -4.86. The molecular formula is C29H29F3N9O5P. The van der Waals surface area contributed by atoms with Crippen LogP contribution in [0, 0.1) is 11.3 Å². The van der Waals surface area contributed by atoms with Gasteiger partial charge in [0.15, 0.2) is 5.69 Å². The van der Waals surface area contributed by atoms with Gasteiger partial charge in [-0.1, -0.05) is 6.07 Å². The molecule has 246 valence electrons. The molecule has 1 aromatic carbocycles. The van der Waals surface area contributed by atoms with Crippen molar-refractivity contribution in [2.75, 3.05) is 38.0 Å². The van der Waals surface area contributed by atoms with Gasteiger partial charge in [0.25, 0.3) is 5.91 Å². The van der Waals surface area contributed by atoms with Gasteiger partial charge in [0.05, 0.1) is 55.3 Å². The van der Waals surface area contributed by atoms with Gasteiger partial charge < -0.3 is 29.7 Å². The number of hydrogen-bond donors (Lipinski definition) is 3. The number of nitrogens with zero attached hydrogens (tertiary/aromatic N) is 6. The maximum absolute atomic E-state index is 14.1. The summed E-state index contributed by atoms with van der Waals surface area (Å²) in [5.41, 5.74) is -0.125. The first kappa shape index (κ1) is 33.3. The number of amides is 1. The highest BCUT2D eigenvalue weighted by Gasteiger charge is 2.36. The van der Waals surface area contributed by atoms with Crippen molar-refractivity contribution in [2.45, 2.75) is 32.2 Å². The van der Waals surface area contributed by atoms with Crippen LogP contribution in [0.4, 0.5) is 36.3 Å². The molecule has 47 heavy (non-hydrogen) atoms. The molecule has 0 unspecified atom stereocenters. The maximum atomic E-state index is 14.1. The van der Waals surface area contributed by atoms with Gasteiger partial charge in [-0.25, -0.2) is 9.97 Å². The molecule has 14 nitrogen and oxygen atoms in total. The smallest absolute Gasteiger partial charge is 0.421 e. The molecule has 4 aliphatic heterocycles. The number of aryl methyl sites for hydroxylation is 1. The summed E-state index contributed by atoms with van der Waals surface area (Å²) in [7, 11) is -0.904. The summed E-state index contributed by atoms with van der Waals surface area (Å²) in [6, 6.07) is 9.65. The molecule has 0 saturated heterocycles. The van der Waals surface area contributed by atoms with Crippen LogP contribution in [0.15, 0.2) is 42.7 Å². The van der Waals surface area contributed by atoms with Gasteiger partial charge in [-0.2, -0.15) is 28.5 Å². The minimum absolute atomic E-state index is 0.0289. The molecule has 4 aromatic rings. The van der Waals surface area contributed by atoms with Crippen molar-refractivity contribution in [1.29, 1.82) is 5.26 Å². The second kappa shape index (κ2) is 13.8. The van der Waals surface area contributed by atoms with Crippen LogP contribution < -0.4 is 20.7 Å². The topological polar surface area (TPSA) is 178 Å². The summed E-state index contributed by atoms with van der Waals surface area (Å²) in [6.07, 6.45) is -2.64. The van der Waals surface area contributed by atoms with Crippen LogP contribution in [0.2, 0.25) is 0 Å². The lowest BCUT2D eigenvalue weighted by Crippen LogP contribution is -2.21. The predicted octanol–water partition coefficient (Wildman–Crippen LogP) is 5.63. The van der Waals surface area contributed by atoms with E-state index >= 15 is 0 Å². The number of hydrogen-bond acceptors (Lipinski definition) is 12. The van der Waals surface area contributed by atoms with E-state index in [-0.39, 0.29) is 66.0 Å². The molecule has 0 aliphatic carbocycles. The van der Waals surface area contributed by atoms with Crippen LogP contribution in [0.5, 0.6) is 5.75 Å². The first-order valence-electron chi connectivity index (χ1n) is 14.2. The van der Waals surface area contributed by atoms with Gasteiger partial charge in [-0.05, 0) is 43.2 Å². The molecule has 0 radical (unpaired) electrons. The quantitative estimate of drug-likeness (QED) is 0.228. The number of anilines is 4. The molecular weight excluding hydrogens is 642 g/mol. The summed E-state index contributed by atoms with van der Waals surface area (Å²) in [5.74, 6) is -1.34. The third-order valence-electron chi connectivity index (χ3n) is 6.92. The van der Waals surface area contributed by atoms with Gasteiger partial charge in [-0.3, -0.25) is 14.0 Å². The molecule has 18 heteroatoms. The standard InChI is InChI=1S/C29H29F3N9O5P/c1-4-45-47(43)16-17-6-7-21(24(12-17)44-3)39-28-35-15-19(29(30,31)32)26(40-28)38-22-9-8-20(37-25(22)27(42)34-2)18-14-36-41(23(18)13-33)10-5-11-46-47/h6-9,12,14-15H,4-5,10-11,16H2,1-3H3,(H,34,42)(H2,35,38,39,40)/t47-/m1/s1. The number of rotatable bonds is 4. The highest BCUT2D eigenvalue weighted by Crippen LogP contribution is 2.52. The van der Waals surface area contributed by atoms with Crippen molar-refractivity contribution in [1.82, 2.24) is 30.0 Å². The number of halogens is 3. The summed E-state index contributed by atoms with van der Waals surface area (Å²) in [5, 5.41) is 22.1.